The second-order valence-electron chi connectivity index (χ2n) is 5.06. The van der Waals surface area contributed by atoms with Gasteiger partial charge in [0, 0.05) is 0 Å². The van der Waals surface area contributed by atoms with E-state index in [9.17, 15) is 0 Å². The monoisotopic (exact) mass is 206 g/mol. The molecule has 0 bridgehead atoms. The lowest BCUT2D eigenvalue weighted by Gasteiger charge is -2.31. The Labute approximate surface area is 92.8 Å². The van der Waals surface area contributed by atoms with Crippen molar-refractivity contribution in [3.05, 3.63) is 29.8 Å². The molecule has 0 radical (unpaired) electrons. The maximum Gasteiger partial charge on any atom is 0.0520 e. The Balaban J connectivity index is 3.12. The third-order valence-corrected chi connectivity index (χ3v) is 2.95. The Morgan fingerprint density at radius 2 is 1.87 bits per heavy atom. The first-order chi connectivity index (χ1) is 7.00. The average molecular weight is 206 g/mol. The van der Waals surface area contributed by atoms with Crippen molar-refractivity contribution in [1.82, 2.24) is 0 Å². The van der Waals surface area contributed by atoms with Crippen LogP contribution >= 0.6 is 0 Å². The number of anilines is 1. The largest absolute Gasteiger partial charge is 0.324 e. The van der Waals surface area contributed by atoms with Crippen LogP contribution in [0.2, 0.25) is 0 Å². The molecule has 0 heterocycles. The van der Waals surface area contributed by atoms with E-state index in [1.165, 1.54) is 5.56 Å². The van der Waals surface area contributed by atoms with Crippen molar-refractivity contribution in [3.8, 4) is 0 Å². The maximum atomic E-state index is 5.54. The molecule has 0 fully saturated rings. The van der Waals surface area contributed by atoms with Crippen LogP contribution in [0.5, 0.6) is 0 Å². The van der Waals surface area contributed by atoms with E-state index in [0.29, 0.717) is 5.92 Å². The lowest BCUT2D eigenvalue weighted by molar-refractivity contribution is 0.313. The molecule has 0 amide bonds. The number of hydrazine groups is 1. The van der Waals surface area contributed by atoms with Crippen molar-refractivity contribution >= 4 is 5.69 Å². The summed E-state index contributed by atoms with van der Waals surface area (Å²) < 4.78 is 0. The summed E-state index contributed by atoms with van der Waals surface area (Å²) >= 11 is 0. The minimum Gasteiger partial charge on any atom is -0.324 e. The van der Waals surface area contributed by atoms with Gasteiger partial charge in [-0.2, -0.15) is 0 Å². The summed E-state index contributed by atoms with van der Waals surface area (Å²) in [6.07, 6.45) is 1.13. The maximum absolute atomic E-state index is 5.54. The van der Waals surface area contributed by atoms with Gasteiger partial charge in [-0.05, 0) is 29.4 Å². The van der Waals surface area contributed by atoms with E-state index in [2.05, 4.69) is 45.3 Å². The number of para-hydroxylation sites is 1. The average Bonchev–Trinajstić information content (AvgIpc) is 2.17. The Bertz CT molecular complexity index is 313. The first-order valence-corrected chi connectivity index (χ1v) is 5.56. The number of benzene rings is 1. The standard InChI is InChI=1S/C13H22N2/c1-5-11(13(2,3)4)10-8-6-7-9-12(10)15-14/h6-9,11,15H,5,14H2,1-4H3. The number of nitrogens with one attached hydrogen (secondary N) is 1. The van der Waals surface area contributed by atoms with Gasteiger partial charge >= 0.3 is 0 Å². The molecule has 15 heavy (non-hydrogen) atoms. The minimum absolute atomic E-state index is 0.266. The van der Waals surface area contributed by atoms with E-state index < -0.39 is 0 Å². The lowest BCUT2D eigenvalue weighted by atomic mass is 9.74. The SMILES string of the molecule is CCC(c1ccccc1NN)C(C)(C)C. The number of nitrogen functional groups attached to an aromatic ring is 1. The third kappa shape index (κ3) is 2.72. The summed E-state index contributed by atoms with van der Waals surface area (Å²) in [6.45, 7) is 9.04. The molecule has 0 aliphatic rings. The van der Waals surface area contributed by atoms with Crippen LogP contribution in [-0.4, -0.2) is 0 Å². The van der Waals surface area contributed by atoms with Crippen LogP contribution in [0.1, 0.15) is 45.6 Å². The Hall–Kier alpha value is -1.02. The summed E-state index contributed by atoms with van der Waals surface area (Å²) in [5.74, 6) is 6.07. The summed E-state index contributed by atoms with van der Waals surface area (Å²) in [6, 6.07) is 8.27. The van der Waals surface area contributed by atoms with E-state index in [1.54, 1.807) is 0 Å². The summed E-state index contributed by atoms with van der Waals surface area (Å²) in [5, 5.41) is 0. The van der Waals surface area contributed by atoms with Gasteiger partial charge in [0.25, 0.3) is 0 Å². The zero-order valence-electron chi connectivity index (χ0n) is 10.2. The van der Waals surface area contributed by atoms with Gasteiger partial charge in [-0.15, -0.1) is 0 Å². The predicted molar refractivity (Wildman–Crippen MR) is 66.7 cm³/mol. The van der Waals surface area contributed by atoms with E-state index in [-0.39, 0.29) is 5.41 Å². The molecule has 3 N–H and O–H groups in total. The van der Waals surface area contributed by atoms with Crippen molar-refractivity contribution < 1.29 is 0 Å². The first kappa shape index (κ1) is 12.1. The van der Waals surface area contributed by atoms with E-state index in [0.717, 1.165) is 12.1 Å². The van der Waals surface area contributed by atoms with E-state index in [4.69, 9.17) is 5.84 Å². The van der Waals surface area contributed by atoms with E-state index in [1.807, 2.05) is 12.1 Å². The molecule has 0 saturated carbocycles. The van der Waals surface area contributed by atoms with Crippen molar-refractivity contribution in [2.45, 2.75) is 40.0 Å². The molecule has 1 atom stereocenters. The first-order valence-electron chi connectivity index (χ1n) is 5.56. The molecule has 84 valence electrons. The van der Waals surface area contributed by atoms with Crippen molar-refractivity contribution in [2.24, 2.45) is 11.3 Å². The van der Waals surface area contributed by atoms with Crippen LogP contribution < -0.4 is 11.3 Å². The van der Waals surface area contributed by atoms with Crippen LogP contribution in [0, 0.1) is 5.41 Å². The Kier molecular flexibility index (Phi) is 3.75. The van der Waals surface area contributed by atoms with Gasteiger partial charge < -0.3 is 5.43 Å². The highest BCUT2D eigenvalue weighted by atomic mass is 15.2. The summed E-state index contributed by atoms with van der Waals surface area (Å²) in [5.41, 5.74) is 5.40. The fourth-order valence-electron chi connectivity index (χ4n) is 2.23. The molecule has 1 aromatic rings. The fourth-order valence-corrected chi connectivity index (χ4v) is 2.23. The molecular weight excluding hydrogens is 184 g/mol. The van der Waals surface area contributed by atoms with Gasteiger partial charge in [0.15, 0.2) is 0 Å². The molecule has 1 rings (SSSR count). The van der Waals surface area contributed by atoms with Gasteiger partial charge in [-0.25, -0.2) is 0 Å². The van der Waals surface area contributed by atoms with Gasteiger partial charge in [0.1, 0.15) is 0 Å². The van der Waals surface area contributed by atoms with Crippen LogP contribution in [-0.2, 0) is 0 Å². The summed E-state index contributed by atoms with van der Waals surface area (Å²) in [7, 11) is 0. The number of hydrogen-bond acceptors (Lipinski definition) is 2. The predicted octanol–water partition coefficient (Wildman–Crippen LogP) is 3.51. The Morgan fingerprint density at radius 3 is 2.33 bits per heavy atom. The molecule has 0 aromatic heterocycles. The molecular formula is C13H22N2. The third-order valence-electron chi connectivity index (χ3n) is 2.95. The van der Waals surface area contributed by atoms with Crippen LogP contribution in [0.3, 0.4) is 0 Å². The topological polar surface area (TPSA) is 38.0 Å². The van der Waals surface area contributed by atoms with Gasteiger partial charge in [0.2, 0.25) is 0 Å². The van der Waals surface area contributed by atoms with Gasteiger partial charge in [-0.3, -0.25) is 5.84 Å². The number of nitrogens with two attached hydrogens (primary N) is 1. The molecule has 0 aliphatic heterocycles. The minimum atomic E-state index is 0.266. The number of hydrogen-bond donors (Lipinski definition) is 2. The molecule has 2 heteroatoms. The fraction of sp³-hybridized carbons (Fsp3) is 0.538. The van der Waals surface area contributed by atoms with Gasteiger partial charge in [-0.1, -0.05) is 45.9 Å². The molecule has 1 aromatic carbocycles. The second-order valence-corrected chi connectivity index (χ2v) is 5.06. The van der Waals surface area contributed by atoms with E-state index >= 15 is 0 Å². The van der Waals surface area contributed by atoms with Crippen molar-refractivity contribution in [2.75, 3.05) is 5.43 Å². The highest BCUT2D eigenvalue weighted by Gasteiger charge is 2.26. The smallest absolute Gasteiger partial charge is 0.0520 e. The Morgan fingerprint density at radius 1 is 1.27 bits per heavy atom. The highest BCUT2D eigenvalue weighted by molar-refractivity contribution is 5.52. The zero-order chi connectivity index (χ0) is 11.5. The molecule has 2 nitrogen and oxygen atoms in total. The number of rotatable bonds is 3. The molecule has 0 saturated heterocycles. The van der Waals surface area contributed by atoms with Crippen LogP contribution in [0.4, 0.5) is 5.69 Å². The van der Waals surface area contributed by atoms with Crippen LogP contribution in [0.25, 0.3) is 0 Å². The second kappa shape index (κ2) is 4.67. The lowest BCUT2D eigenvalue weighted by Crippen LogP contribution is -2.20. The van der Waals surface area contributed by atoms with Crippen LogP contribution in [0.15, 0.2) is 24.3 Å². The zero-order valence-corrected chi connectivity index (χ0v) is 10.2. The normalized spacial score (nSPS) is 13.7. The molecule has 0 aliphatic carbocycles. The van der Waals surface area contributed by atoms with Gasteiger partial charge in [0.05, 0.1) is 5.69 Å². The highest BCUT2D eigenvalue weighted by Crippen LogP contribution is 2.40. The molecule has 0 spiro atoms. The van der Waals surface area contributed by atoms with Crippen molar-refractivity contribution in [1.29, 1.82) is 0 Å². The quantitative estimate of drug-likeness (QED) is 0.586. The molecule has 1 unspecified atom stereocenters. The van der Waals surface area contributed by atoms with Crippen molar-refractivity contribution in [3.63, 3.8) is 0 Å². The summed E-state index contributed by atoms with van der Waals surface area (Å²) in [4.78, 5) is 0.